The van der Waals surface area contributed by atoms with Crippen molar-refractivity contribution < 1.29 is 52.9 Å². The van der Waals surface area contributed by atoms with E-state index in [0.29, 0.717) is 0 Å². The fourth-order valence-electron chi connectivity index (χ4n) is 0.513. The minimum atomic E-state index is -6.09. The fourth-order valence-corrected chi connectivity index (χ4v) is 2.74. The molecule has 0 aromatic carbocycles. The van der Waals surface area contributed by atoms with Crippen molar-refractivity contribution in [3.63, 3.8) is 0 Å². The first kappa shape index (κ1) is 18.8. The van der Waals surface area contributed by atoms with E-state index in [-0.39, 0.29) is 4.86 Å². The van der Waals surface area contributed by atoms with Crippen LogP contribution in [0.15, 0.2) is 0 Å². The molecule has 0 saturated heterocycles. The Bertz CT molecular complexity index is 357. The summed E-state index contributed by atoms with van der Waals surface area (Å²) in [6, 6.07) is 0. The van der Waals surface area contributed by atoms with Crippen molar-refractivity contribution in [1.29, 1.82) is 0 Å². The van der Waals surface area contributed by atoms with Crippen LogP contribution in [0.4, 0.5) is 34.7 Å². The van der Waals surface area contributed by atoms with Gasteiger partial charge in [-0.2, -0.15) is 26.3 Å². The molecule has 2 unspecified atom stereocenters. The number of rotatable bonds is 6. The van der Waals surface area contributed by atoms with Crippen molar-refractivity contribution in [2.24, 2.45) is 0 Å². The van der Waals surface area contributed by atoms with Gasteiger partial charge < -0.3 is 0 Å². The summed E-state index contributed by atoms with van der Waals surface area (Å²) in [6.07, 6.45) is -10.3. The van der Waals surface area contributed by atoms with Crippen molar-refractivity contribution in [3.8, 4) is 0 Å². The fraction of sp³-hybridized carbons (Fsp3) is 1.00. The van der Waals surface area contributed by atoms with E-state index in [0.717, 1.165) is 0 Å². The molecule has 0 aliphatic heterocycles. The Kier molecular flexibility index (Phi) is 5.97. The topological polar surface area (TPSA) is 64.6 Å². The highest BCUT2D eigenvalue weighted by molar-refractivity contribution is 7.67. The Labute approximate surface area is 100 Å². The van der Waals surface area contributed by atoms with Crippen LogP contribution in [0.25, 0.3) is 0 Å². The summed E-state index contributed by atoms with van der Waals surface area (Å²) in [5.41, 5.74) is 0. The molecule has 0 radical (unpaired) electrons. The zero-order valence-electron chi connectivity index (χ0n) is 8.47. The second-order valence-electron chi connectivity index (χ2n) is 2.84. The molecule has 0 rings (SSSR count). The second-order valence-corrected chi connectivity index (χ2v) is 6.07. The number of hydrogen-bond donors (Lipinski definition) is 1. The Morgan fingerprint density at radius 3 is 1.26 bits per heavy atom. The molecular formula is C4H5F8NO4P2. The maximum atomic E-state index is 12.7. The minimum absolute atomic E-state index is 0.211. The molecule has 0 aliphatic rings. The molecule has 0 spiro atoms. The van der Waals surface area contributed by atoms with Crippen LogP contribution in [-0.4, -0.2) is 25.6 Å². The first-order valence-electron chi connectivity index (χ1n) is 3.93. The van der Waals surface area contributed by atoms with Gasteiger partial charge in [0.2, 0.25) is 0 Å². The van der Waals surface area contributed by atoms with Crippen molar-refractivity contribution in [3.05, 3.63) is 0 Å². The van der Waals surface area contributed by atoms with E-state index in [1.165, 1.54) is 0 Å². The van der Waals surface area contributed by atoms with E-state index in [4.69, 9.17) is 0 Å². The second kappa shape index (κ2) is 6.04. The predicted molar refractivity (Wildman–Crippen MR) is 44.6 cm³/mol. The molecule has 15 heteroatoms. The highest BCUT2D eigenvalue weighted by Gasteiger charge is 2.42. The van der Waals surface area contributed by atoms with Crippen LogP contribution in [0, 0.1) is 0 Å². The molecule has 0 amide bonds. The average molecular weight is 345 g/mol. The first-order chi connectivity index (χ1) is 8.12. The molecule has 19 heavy (non-hydrogen) atoms. The van der Waals surface area contributed by atoms with E-state index in [2.05, 4.69) is 9.05 Å². The molecule has 0 bridgehead atoms. The Balaban J connectivity index is 4.47. The van der Waals surface area contributed by atoms with Crippen molar-refractivity contribution in [2.45, 2.75) is 12.4 Å². The van der Waals surface area contributed by atoms with Gasteiger partial charge in [0, 0.05) is 0 Å². The van der Waals surface area contributed by atoms with Gasteiger partial charge in [-0.25, -0.2) is 9.13 Å². The van der Waals surface area contributed by atoms with Gasteiger partial charge >= 0.3 is 28.0 Å². The highest BCUT2D eigenvalue weighted by atomic mass is 31.3. The molecule has 0 aromatic rings. The number of hydrogen-bond acceptors (Lipinski definition) is 4. The van der Waals surface area contributed by atoms with Gasteiger partial charge in [-0.1, -0.05) is 0 Å². The van der Waals surface area contributed by atoms with Crippen LogP contribution in [0.1, 0.15) is 0 Å². The molecule has 5 nitrogen and oxygen atoms in total. The number of halogens is 8. The SMILES string of the molecule is O=P(F)(NP(=O)(F)OCC(F)(F)F)OCC(F)(F)F. The van der Waals surface area contributed by atoms with Gasteiger partial charge in [-0.15, -0.1) is 13.3 Å². The molecule has 2 atom stereocenters. The zero-order chi connectivity index (χ0) is 15.5. The van der Waals surface area contributed by atoms with E-state index < -0.39 is 41.2 Å². The van der Waals surface area contributed by atoms with Crippen LogP contribution >= 0.6 is 15.7 Å². The van der Waals surface area contributed by atoms with Crippen LogP contribution in [0.5, 0.6) is 0 Å². The Morgan fingerprint density at radius 1 is 0.789 bits per heavy atom. The molecule has 0 aromatic heterocycles. The molecular weight excluding hydrogens is 340 g/mol. The van der Waals surface area contributed by atoms with Crippen LogP contribution in [0.2, 0.25) is 0 Å². The van der Waals surface area contributed by atoms with Gasteiger partial charge in [0.25, 0.3) is 0 Å². The molecule has 0 fully saturated rings. The first-order valence-corrected chi connectivity index (χ1v) is 6.97. The zero-order valence-corrected chi connectivity index (χ0v) is 10.3. The van der Waals surface area contributed by atoms with Crippen LogP contribution in [0.3, 0.4) is 0 Å². The van der Waals surface area contributed by atoms with Gasteiger partial charge in [-0.05, 0) is 0 Å². The highest BCUT2D eigenvalue weighted by Crippen LogP contribution is 2.59. The summed E-state index contributed by atoms with van der Waals surface area (Å²) in [4.78, 5) is 0.211. The standard InChI is InChI=1S/C4H5F8NO4P2/c5-3(6,7)1-16-18(11,14)13-19(12,15)17-2-4(8,9)10/h1-2H2,(H,13,14,15). The normalized spacial score (nSPS) is 19.8. The lowest BCUT2D eigenvalue weighted by Crippen LogP contribution is -2.20. The summed E-state index contributed by atoms with van der Waals surface area (Å²) in [6.45, 7) is -4.87. The molecule has 116 valence electrons. The summed E-state index contributed by atoms with van der Waals surface area (Å²) in [5.74, 6) is 0. The third kappa shape index (κ3) is 11.3. The third-order valence-electron chi connectivity index (χ3n) is 1.03. The van der Waals surface area contributed by atoms with E-state index in [1.807, 2.05) is 0 Å². The minimum Gasteiger partial charge on any atom is -0.284 e. The van der Waals surface area contributed by atoms with E-state index >= 15 is 0 Å². The third-order valence-corrected chi connectivity index (χ3v) is 3.86. The summed E-state index contributed by atoms with van der Waals surface area (Å²) in [5, 5.41) is 0. The lowest BCUT2D eigenvalue weighted by Gasteiger charge is -2.16. The number of alkyl halides is 6. The molecule has 0 aliphatic carbocycles. The van der Waals surface area contributed by atoms with Crippen LogP contribution in [-0.2, 0) is 18.2 Å². The summed E-state index contributed by atoms with van der Waals surface area (Å²) < 4.78 is 122. The monoisotopic (exact) mass is 345 g/mol. The van der Waals surface area contributed by atoms with Crippen molar-refractivity contribution >= 4 is 15.7 Å². The lowest BCUT2D eigenvalue weighted by molar-refractivity contribution is -0.155. The lowest BCUT2D eigenvalue weighted by atomic mass is 10.7. The maximum absolute atomic E-state index is 12.7. The quantitative estimate of drug-likeness (QED) is 0.585. The number of nitrogens with one attached hydrogen (secondary N) is 1. The van der Waals surface area contributed by atoms with E-state index in [9.17, 15) is 43.9 Å². The largest absolute Gasteiger partial charge is 0.452 e. The van der Waals surface area contributed by atoms with Crippen molar-refractivity contribution in [1.82, 2.24) is 4.86 Å². The van der Waals surface area contributed by atoms with Gasteiger partial charge in [0.15, 0.2) is 13.2 Å². The van der Waals surface area contributed by atoms with Gasteiger partial charge in [0.1, 0.15) is 0 Å². The Morgan fingerprint density at radius 2 is 1.05 bits per heavy atom. The average Bonchev–Trinajstić information content (AvgIpc) is 2.09. The molecule has 0 heterocycles. The molecule has 1 N–H and O–H groups in total. The predicted octanol–water partition coefficient (Wildman–Crippen LogP) is 3.89. The van der Waals surface area contributed by atoms with Gasteiger partial charge in [-0.3, -0.25) is 9.05 Å². The summed E-state index contributed by atoms with van der Waals surface area (Å²) >= 11 is 0. The maximum Gasteiger partial charge on any atom is 0.452 e. The smallest absolute Gasteiger partial charge is 0.284 e. The summed E-state index contributed by atoms with van der Waals surface area (Å²) in [7, 11) is -12.2. The van der Waals surface area contributed by atoms with E-state index in [1.54, 1.807) is 0 Å². The molecule has 0 saturated carbocycles. The Hall–Kier alpha value is -0.220. The van der Waals surface area contributed by atoms with Crippen LogP contribution < -0.4 is 4.86 Å². The van der Waals surface area contributed by atoms with Crippen molar-refractivity contribution in [2.75, 3.05) is 13.2 Å². The van der Waals surface area contributed by atoms with Gasteiger partial charge in [0.05, 0.1) is 0 Å².